The number of nitrogens with two attached hydrogens (primary N) is 1. The summed E-state index contributed by atoms with van der Waals surface area (Å²) in [6.07, 6.45) is 3.52. The summed E-state index contributed by atoms with van der Waals surface area (Å²) in [5, 5.41) is 0. The molecule has 1 aromatic rings. The quantitative estimate of drug-likeness (QED) is 0.608. The lowest BCUT2D eigenvalue weighted by molar-refractivity contribution is 0.495. The van der Waals surface area contributed by atoms with Crippen molar-refractivity contribution in [2.75, 3.05) is 6.26 Å². The van der Waals surface area contributed by atoms with Gasteiger partial charge in [0.05, 0.1) is 4.90 Å². The Morgan fingerprint density at radius 3 is 2.62 bits per heavy atom. The molecule has 1 fully saturated rings. The molecule has 0 amide bonds. The van der Waals surface area contributed by atoms with Gasteiger partial charge in [0.2, 0.25) is 0 Å². The topological polar surface area (TPSA) is 72.2 Å². The van der Waals surface area contributed by atoms with Crippen molar-refractivity contribution in [2.24, 2.45) is 11.8 Å². The zero-order valence-corrected chi connectivity index (χ0v) is 10.00. The van der Waals surface area contributed by atoms with Gasteiger partial charge in [-0.05, 0) is 36.5 Å². The van der Waals surface area contributed by atoms with Crippen molar-refractivity contribution in [1.82, 2.24) is 5.43 Å². The Morgan fingerprint density at radius 1 is 1.44 bits per heavy atom. The van der Waals surface area contributed by atoms with E-state index >= 15 is 0 Å². The molecule has 1 aliphatic carbocycles. The minimum absolute atomic E-state index is 0.0710. The first kappa shape index (κ1) is 11.6. The van der Waals surface area contributed by atoms with E-state index in [-0.39, 0.29) is 6.04 Å². The highest BCUT2D eigenvalue weighted by Crippen LogP contribution is 2.40. The van der Waals surface area contributed by atoms with Gasteiger partial charge in [0.15, 0.2) is 9.84 Å². The van der Waals surface area contributed by atoms with Crippen LogP contribution in [0.5, 0.6) is 0 Å². The van der Waals surface area contributed by atoms with Gasteiger partial charge in [-0.2, -0.15) is 0 Å². The Hall–Kier alpha value is -0.910. The number of sulfone groups is 1. The summed E-state index contributed by atoms with van der Waals surface area (Å²) in [7, 11) is -3.14. The summed E-state index contributed by atoms with van der Waals surface area (Å²) in [6, 6.07) is 7.06. The lowest BCUT2D eigenvalue weighted by Gasteiger charge is -2.15. The van der Waals surface area contributed by atoms with Crippen molar-refractivity contribution in [1.29, 1.82) is 0 Å². The van der Waals surface area contributed by atoms with E-state index in [2.05, 4.69) is 5.43 Å². The molecule has 0 saturated heterocycles. The smallest absolute Gasteiger partial charge is 0.175 e. The maximum atomic E-state index is 11.4. The zero-order valence-electron chi connectivity index (χ0n) is 9.18. The van der Waals surface area contributed by atoms with Crippen molar-refractivity contribution in [3.05, 3.63) is 29.8 Å². The fraction of sp³-hybridized carbons (Fsp3) is 0.455. The lowest BCUT2D eigenvalue weighted by Crippen LogP contribution is -2.29. The standard InChI is InChI=1S/C11H16N2O2S/c1-16(14,15)10-4-2-3-9(7-10)11(13-12)8-5-6-8/h2-4,7-8,11,13H,5-6,12H2,1H3. The first-order chi connectivity index (χ1) is 7.52. The number of hydrogen-bond donors (Lipinski definition) is 2. The van der Waals surface area contributed by atoms with E-state index < -0.39 is 9.84 Å². The molecule has 1 unspecified atom stereocenters. The summed E-state index contributed by atoms with van der Waals surface area (Å²) < 4.78 is 22.9. The van der Waals surface area contributed by atoms with Crippen molar-refractivity contribution in [3.8, 4) is 0 Å². The average Bonchev–Trinajstić information content (AvgIpc) is 3.02. The number of nitrogens with one attached hydrogen (secondary N) is 1. The van der Waals surface area contributed by atoms with E-state index in [1.165, 1.54) is 6.26 Å². The van der Waals surface area contributed by atoms with Gasteiger partial charge in [-0.3, -0.25) is 11.3 Å². The molecule has 0 spiro atoms. The predicted octanol–water partition coefficient (Wildman–Crippen LogP) is 1.00. The van der Waals surface area contributed by atoms with Crippen LogP contribution in [0.2, 0.25) is 0 Å². The molecule has 1 aromatic carbocycles. The summed E-state index contributed by atoms with van der Waals surface area (Å²) >= 11 is 0. The minimum Gasteiger partial charge on any atom is -0.271 e. The van der Waals surface area contributed by atoms with E-state index in [1.54, 1.807) is 18.2 Å². The number of benzene rings is 1. The summed E-state index contributed by atoms with van der Waals surface area (Å²) in [4.78, 5) is 0.353. The Labute approximate surface area is 95.7 Å². The van der Waals surface area contributed by atoms with Crippen LogP contribution in [0.3, 0.4) is 0 Å². The first-order valence-electron chi connectivity index (χ1n) is 5.28. The molecule has 16 heavy (non-hydrogen) atoms. The van der Waals surface area contributed by atoms with Crippen LogP contribution >= 0.6 is 0 Å². The van der Waals surface area contributed by atoms with Gasteiger partial charge >= 0.3 is 0 Å². The number of rotatable bonds is 4. The van der Waals surface area contributed by atoms with Gasteiger partial charge in [-0.1, -0.05) is 12.1 Å². The van der Waals surface area contributed by atoms with Gasteiger partial charge in [-0.15, -0.1) is 0 Å². The molecule has 0 bridgehead atoms. The van der Waals surface area contributed by atoms with E-state index in [9.17, 15) is 8.42 Å². The third-order valence-electron chi connectivity index (χ3n) is 2.92. The molecule has 0 aliphatic heterocycles. The molecule has 2 rings (SSSR count). The van der Waals surface area contributed by atoms with Crippen molar-refractivity contribution in [2.45, 2.75) is 23.8 Å². The molecule has 3 N–H and O–H groups in total. The third kappa shape index (κ3) is 2.42. The average molecular weight is 240 g/mol. The molecule has 1 atom stereocenters. The van der Waals surface area contributed by atoms with Crippen LogP contribution in [-0.4, -0.2) is 14.7 Å². The lowest BCUT2D eigenvalue weighted by atomic mass is 10.0. The second-order valence-corrected chi connectivity index (χ2v) is 6.34. The molecule has 0 aromatic heterocycles. The highest BCUT2D eigenvalue weighted by Gasteiger charge is 2.31. The Bertz CT molecular complexity index is 481. The van der Waals surface area contributed by atoms with Gasteiger partial charge in [0.25, 0.3) is 0 Å². The highest BCUT2D eigenvalue weighted by molar-refractivity contribution is 7.90. The normalized spacial score (nSPS) is 18.4. The third-order valence-corrected chi connectivity index (χ3v) is 4.03. The molecule has 0 radical (unpaired) electrons. The molecule has 4 nitrogen and oxygen atoms in total. The summed E-state index contributed by atoms with van der Waals surface area (Å²) in [5.74, 6) is 6.05. The summed E-state index contributed by atoms with van der Waals surface area (Å²) in [6.45, 7) is 0. The second kappa shape index (κ2) is 4.16. The number of hydrazine groups is 1. The largest absolute Gasteiger partial charge is 0.271 e. The van der Waals surface area contributed by atoms with Gasteiger partial charge in [-0.25, -0.2) is 8.42 Å². The second-order valence-electron chi connectivity index (χ2n) is 4.33. The monoisotopic (exact) mass is 240 g/mol. The van der Waals surface area contributed by atoms with E-state index in [4.69, 9.17) is 5.84 Å². The SMILES string of the molecule is CS(=O)(=O)c1cccc(C(NN)C2CC2)c1. The van der Waals surface area contributed by atoms with Crippen LogP contribution in [0, 0.1) is 5.92 Å². The van der Waals surface area contributed by atoms with Crippen molar-refractivity contribution < 1.29 is 8.42 Å². The van der Waals surface area contributed by atoms with Crippen LogP contribution in [0.1, 0.15) is 24.4 Å². The molecule has 88 valence electrons. The fourth-order valence-corrected chi connectivity index (χ4v) is 2.55. The molecule has 1 saturated carbocycles. The first-order valence-corrected chi connectivity index (χ1v) is 7.17. The van der Waals surface area contributed by atoms with Gasteiger partial charge in [0.1, 0.15) is 0 Å². The Morgan fingerprint density at radius 2 is 2.12 bits per heavy atom. The Balaban J connectivity index is 2.34. The maximum Gasteiger partial charge on any atom is 0.175 e. The zero-order chi connectivity index (χ0) is 11.8. The van der Waals surface area contributed by atoms with E-state index in [1.807, 2.05) is 6.07 Å². The molecular weight excluding hydrogens is 224 g/mol. The number of hydrogen-bond acceptors (Lipinski definition) is 4. The molecule has 0 heterocycles. The summed E-state index contributed by atoms with van der Waals surface area (Å²) in [5.41, 5.74) is 3.72. The predicted molar refractivity (Wildman–Crippen MR) is 62.3 cm³/mol. The van der Waals surface area contributed by atoms with Crippen LogP contribution in [-0.2, 0) is 9.84 Å². The van der Waals surface area contributed by atoms with E-state index in [0.717, 1.165) is 18.4 Å². The van der Waals surface area contributed by atoms with Gasteiger partial charge in [0, 0.05) is 12.3 Å². The van der Waals surface area contributed by atoms with Crippen LogP contribution < -0.4 is 11.3 Å². The van der Waals surface area contributed by atoms with Crippen molar-refractivity contribution >= 4 is 9.84 Å². The van der Waals surface area contributed by atoms with Crippen molar-refractivity contribution in [3.63, 3.8) is 0 Å². The maximum absolute atomic E-state index is 11.4. The Kier molecular flexibility index (Phi) is 3.01. The highest BCUT2D eigenvalue weighted by atomic mass is 32.2. The van der Waals surface area contributed by atoms with Crippen LogP contribution in [0.25, 0.3) is 0 Å². The van der Waals surface area contributed by atoms with Gasteiger partial charge < -0.3 is 0 Å². The minimum atomic E-state index is -3.14. The van der Waals surface area contributed by atoms with Crippen LogP contribution in [0.4, 0.5) is 0 Å². The van der Waals surface area contributed by atoms with Crippen LogP contribution in [0.15, 0.2) is 29.2 Å². The molecular formula is C11H16N2O2S. The fourth-order valence-electron chi connectivity index (χ4n) is 1.87. The molecule has 5 heteroatoms. The van der Waals surface area contributed by atoms with E-state index in [0.29, 0.717) is 10.8 Å². The molecule has 1 aliphatic rings.